The minimum absolute atomic E-state index is 0.102. The van der Waals surface area contributed by atoms with Gasteiger partial charge >= 0.3 is 0 Å². The first-order valence-corrected chi connectivity index (χ1v) is 9.18. The summed E-state index contributed by atoms with van der Waals surface area (Å²) >= 11 is 0. The third-order valence-electron chi connectivity index (χ3n) is 4.82. The van der Waals surface area contributed by atoms with E-state index in [0.29, 0.717) is 38.4 Å². The summed E-state index contributed by atoms with van der Waals surface area (Å²) in [6, 6.07) is 6.08. The predicted molar refractivity (Wildman–Crippen MR) is 98.9 cm³/mol. The average Bonchev–Trinajstić information content (AvgIpc) is 2.87. The van der Waals surface area contributed by atoms with Crippen LogP contribution in [-0.2, 0) is 16.0 Å². The number of carbonyl (C=O) groups is 2. The molecule has 1 aliphatic heterocycles. The molecule has 0 unspecified atom stereocenters. The Balaban J connectivity index is 2.06. The van der Waals surface area contributed by atoms with Crippen molar-refractivity contribution in [2.75, 3.05) is 33.3 Å². The van der Waals surface area contributed by atoms with E-state index in [1.807, 2.05) is 22.8 Å². The van der Waals surface area contributed by atoms with E-state index in [0.717, 1.165) is 24.3 Å². The quantitative estimate of drug-likeness (QED) is 0.824. The van der Waals surface area contributed by atoms with E-state index in [1.54, 1.807) is 7.11 Å². The van der Waals surface area contributed by atoms with E-state index in [4.69, 9.17) is 4.74 Å². The van der Waals surface area contributed by atoms with Gasteiger partial charge < -0.3 is 14.5 Å². The SMILES string of the molecule is CCC(=O)N1CCCN(C(=O)Cc2cc(C(C)C)ccc2OC)CC1. The minimum atomic E-state index is 0.102. The zero-order chi connectivity index (χ0) is 18.4. The van der Waals surface area contributed by atoms with Crippen LogP contribution in [0.15, 0.2) is 18.2 Å². The number of amides is 2. The Morgan fingerprint density at radius 1 is 1.08 bits per heavy atom. The second-order valence-corrected chi connectivity index (χ2v) is 6.87. The van der Waals surface area contributed by atoms with Gasteiger partial charge in [-0.1, -0.05) is 32.9 Å². The van der Waals surface area contributed by atoms with Gasteiger partial charge in [0.25, 0.3) is 0 Å². The van der Waals surface area contributed by atoms with E-state index in [2.05, 4.69) is 26.0 Å². The average molecular weight is 346 g/mol. The Morgan fingerprint density at radius 3 is 2.28 bits per heavy atom. The fourth-order valence-electron chi connectivity index (χ4n) is 3.21. The smallest absolute Gasteiger partial charge is 0.227 e. The van der Waals surface area contributed by atoms with Gasteiger partial charge in [0.1, 0.15) is 5.75 Å². The summed E-state index contributed by atoms with van der Waals surface area (Å²) in [7, 11) is 1.64. The first-order chi connectivity index (χ1) is 12.0. The fourth-order valence-corrected chi connectivity index (χ4v) is 3.21. The van der Waals surface area contributed by atoms with Crippen LogP contribution in [0.1, 0.15) is 50.7 Å². The van der Waals surface area contributed by atoms with Crippen LogP contribution in [-0.4, -0.2) is 54.9 Å². The summed E-state index contributed by atoms with van der Waals surface area (Å²) in [6.07, 6.45) is 1.69. The Labute approximate surface area is 150 Å². The summed E-state index contributed by atoms with van der Waals surface area (Å²) in [6.45, 7) is 8.84. The molecule has 0 aliphatic carbocycles. The highest BCUT2D eigenvalue weighted by molar-refractivity contribution is 5.80. The van der Waals surface area contributed by atoms with Gasteiger partial charge in [0.2, 0.25) is 11.8 Å². The van der Waals surface area contributed by atoms with Crippen LogP contribution in [0.2, 0.25) is 0 Å². The van der Waals surface area contributed by atoms with Crippen molar-refractivity contribution in [1.29, 1.82) is 0 Å². The van der Waals surface area contributed by atoms with E-state index in [1.165, 1.54) is 5.56 Å². The lowest BCUT2D eigenvalue weighted by Crippen LogP contribution is -2.37. The molecule has 0 N–H and O–H groups in total. The summed E-state index contributed by atoms with van der Waals surface area (Å²) in [5, 5.41) is 0. The molecule has 2 rings (SSSR count). The Hall–Kier alpha value is -2.04. The van der Waals surface area contributed by atoms with Crippen molar-refractivity contribution in [3.05, 3.63) is 29.3 Å². The van der Waals surface area contributed by atoms with Crippen molar-refractivity contribution in [3.63, 3.8) is 0 Å². The summed E-state index contributed by atoms with van der Waals surface area (Å²) in [5.41, 5.74) is 2.14. The number of ether oxygens (including phenoxy) is 1. The van der Waals surface area contributed by atoms with E-state index in [9.17, 15) is 9.59 Å². The number of benzene rings is 1. The van der Waals surface area contributed by atoms with Gasteiger partial charge in [-0.2, -0.15) is 0 Å². The van der Waals surface area contributed by atoms with Crippen LogP contribution in [0.3, 0.4) is 0 Å². The molecule has 1 aromatic rings. The summed E-state index contributed by atoms with van der Waals surface area (Å²) < 4.78 is 5.43. The molecule has 25 heavy (non-hydrogen) atoms. The zero-order valence-corrected chi connectivity index (χ0v) is 15.9. The first kappa shape index (κ1) is 19.3. The number of hydrogen-bond donors (Lipinski definition) is 0. The van der Waals surface area contributed by atoms with Gasteiger partial charge in [0.05, 0.1) is 13.5 Å². The minimum Gasteiger partial charge on any atom is -0.496 e. The van der Waals surface area contributed by atoms with Crippen LogP contribution < -0.4 is 4.74 Å². The number of nitrogens with zero attached hydrogens (tertiary/aromatic N) is 2. The Bertz CT molecular complexity index is 613. The van der Waals surface area contributed by atoms with Gasteiger partial charge in [-0.25, -0.2) is 0 Å². The summed E-state index contributed by atoms with van der Waals surface area (Å²) in [5.74, 6) is 1.44. The maximum atomic E-state index is 12.8. The van der Waals surface area contributed by atoms with E-state index in [-0.39, 0.29) is 11.8 Å². The molecule has 5 nitrogen and oxygen atoms in total. The molecule has 138 valence electrons. The molecule has 1 fully saturated rings. The van der Waals surface area contributed by atoms with Crippen molar-refractivity contribution in [1.82, 2.24) is 9.80 Å². The van der Waals surface area contributed by atoms with Gasteiger partial charge in [-0.05, 0) is 24.0 Å². The van der Waals surface area contributed by atoms with Crippen LogP contribution >= 0.6 is 0 Å². The number of carbonyl (C=O) groups excluding carboxylic acids is 2. The molecule has 0 saturated carbocycles. The molecule has 1 aromatic carbocycles. The second-order valence-electron chi connectivity index (χ2n) is 6.87. The molecule has 1 saturated heterocycles. The third kappa shape index (κ3) is 4.97. The number of methoxy groups -OCH3 is 1. The van der Waals surface area contributed by atoms with Crippen molar-refractivity contribution in [3.8, 4) is 5.75 Å². The molecule has 2 amide bonds. The fraction of sp³-hybridized carbons (Fsp3) is 0.600. The Kier molecular flexibility index (Phi) is 6.85. The van der Waals surface area contributed by atoms with Gasteiger partial charge in [0.15, 0.2) is 0 Å². The number of hydrogen-bond acceptors (Lipinski definition) is 3. The van der Waals surface area contributed by atoms with Crippen molar-refractivity contribution >= 4 is 11.8 Å². The van der Waals surface area contributed by atoms with Crippen molar-refractivity contribution in [2.24, 2.45) is 0 Å². The van der Waals surface area contributed by atoms with E-state index >= 15 is 0 Å². The number of rotatable bonds is 5. The standard InChI is InChI=1S/C20H30N2O3/c1-5-19(23)21-9-6-10-22(12-11-21)20(24)14-17-13-16(15(2)3)7-8-18(17)25-4/h7-8,13,15H,5-6,9-12,14H2,1-4H3. The topological polar surface area (TPSA) is 49.9 Å². The molecule has 0 radical (unpaired) electrons. The third-order valence-corrected chi connectivity index (χ3v) is 4.82. The largest absolute Gasteiger partial charge is 0.496 e. The van der Waals surface area contributed by atoms with Crippen molar-refractivity contribution in [2.45, 2.75) is 46.0 Å². The maximum Gasteiger partial charge on any atom is 0.227 e. The van der Waals surface area contributed by atoms with Crippen molar-refractivity contribution < 1.29 is 14.3 Å². The zero-order valence-electron chi connectivity index (χ0n) is 15.9. The predicted octanol–water partition coefficient (Wildman–Crippen LogP) is 2.83. The van der Waals surface area contributed by atoms with Gasteiger partial charge in [0, 0.05) is 38.2 Å². The molecule has 0 bridgehead atoms. The molecule has 1 aliphatic rings. The normalized spacial score (nSPS) is 15.2. The molecule has 5 heteroatoms. The monoisotopic (exact) mass is 346 g/mol. The lowest BCUT2D eigenvalue weighted by atomic mass is 9.98. The lowest BCUT2D eigenvalue weighted by Gasteiger charge is -2.22. The highest BCUT2D eigenvalue weighted by Gasteiger charge is 2.22. The van der Waals surface area contributed by atoms with Crippen LogP contribution in [0, 0.1) is 0 Å². The van der Waals surface area contributed by atoms with Crippen LogP contribution in [0.4, 0.5) is 0 Å². The van der Waals surface area contributed by atoms with E-state index < -0.39 is 0 Å². The molecule has 1 heterocycles. The molecule has 0 aromatic heterocycles. The first-order valence-electron chi connectivity index (χ1n) is 9.18. The molecular formula is C20H30N2O3. The highest BCUT2D eigenvalue weighted by atomic mass is 16.5. The summed E-state index contributed by atoms with van der Waals surface area (Å²) in [4.78, 5) is 28.4. The highest BCUT2D eigenvalue weighted by Crippen LogP contribution is 2.25. The molecule has 0 spiro atoms. The van der Waals surface area contributed by atoms with Gasteiger partial charge in [-0.15, -0.1) is 0 Å². The van der Waals surface area contributed by atoms with Gasteiger partial charge in [-0.3, -0.25) is 9.59 Å². The van der Waals surface area contributed by atoms with Crippen LogP contribution in [0.5, 0.6) is 5.75 Å². The van der Waals surface area contributed by atoms with Crippen LogP contribution in [0.25, 0.3) is 0 Å². The maximum absolute atomic E-state index is 12.8. The second kappa shape index (κ2) is 8.88. The molecule has 0 atom stereocenters. The lowest BCUT2D eigenvalue weighted by molar-refractivity contribution is -0.133. The molecular weight excluding hydrogens is 316 g/mol. The Morgan fingerprint density at radius 2 is 1.72 bits per heavy atom.